The van der Waals surface area contributed by atoms with Crippen molar-refractivity contribution in [3.05, 3.63) is 52.7 Å². The summed E-state index contributed by atoms with van der Waals surface area (Å²) in [5, 5.41) is 3.32. The van der Waals surface area contributed by atoms with Crippen LogP contribution >= 0.6 is 0 Å². The fraction of sp³-hybridized carbons (Fsp3) is 0.357. The number of nitrogens with zero attached hydrogens (tertiary/aromatic N) is 1. The Kier molecular flexibility index (Phi) is 3.59. The van der Waals surface area contributed by atoms with E-state index in [9.17, 15) is 0 Å². The highest BCUT2D eigenvalue weighted by atomic mass is 16.4. The molecule has 0 saturated carbocycles. The molecule has 1 N–H and O–H groups in total. The van der Waals surface area contributed by atoms with Gasteiger partial charge in [0.05, 0.1) is 12.2 Å². The Labute approximate surface area is 102 Å². The molecule has 0 amide bonds. The van der Waals surface area contributed by atoms with E-state index in [4.69, 9.17) is 4.42 Å². The number of hydrogen-bond acceptors (Lipinski definition) is 3. The molecule has 0 aliphatic heterocycles. The normalized spacial score (nSPS) is 10.8. The lowest BCUT2D eigenvalue weighted by molar-refractivity contribution is 0.448. The first-order chi connectivity index (χ1) is 8.15. The van der Waals surface area contributed by atoms with Gasteiger partial charge in [0.1, 0.15) is 5.76 Å². The van der Waals surface area contributed by atoms with Crippen molar-refractivity contribution in [2.24, 2.45) is 0 Å². The van der Waals surface area contributed by atoms with Crippen LogP contribution in [0.5, 0.6) is 0 Å². The monoisotopic (exact) mass is 230 g/mol. The molecule has 0 fully saturated rings. The minimum Gasteiger partial charge on any atom is -0.444 e. The summed E-state index contributed by atoms with van der Waals surface area (Å²) in [5.41, 5.74) is 3.53. The number of aromatic nitrogens is 1. The summed E-state index contributed by atoms with van der Waals surface area (Å²) >= 11 is 0. The average molecular weight is 230 g/mol. The van der Waals surface area contributed by atoms with Crippen LogP contribution in [0.2, 0.25) is 0 Å². The van der Waals surface area contributed by atoms with E-state index in [1.165, 1.54) is 11.1 Å². The lowest BCUT2D eigenvalue weighted by Gasteiger charge is -2.02. The van der Waals surface area contributed by atoms with E-state index in [2.05, 4.69) is 41.5 Å². The fourth-order valence-corrected chi connectivity index (χ4v) is 1.63. The summed E-state index contributed by atoms with van der Waals surface area (Å²) in [6.45, 7) is 7.49. The Morgan fingerprint density at radius 1 is 1.06 bits per heavy atom. The average Bonchev–Trinajstić information content (AvgIpc) is 2.61. The van der Waals surface area contributed by atoms with Gasteiger partial charge in [-0.3, -0.25) is 0 Å². The second-order valence-electron chi connectivity index (χ2n) is 4.34. The first kappa shape index (κ1) is 11.9. The zero-order valence-corrected chi connectivity index (χ0v) is 10.6. The van der Waals surface area contributed by atoms with Gasteiger partial charge in [-0.15, -0.1) is 0 Å². The van der Waals surface area contributed by atoms with Crippen LogP contribution in [-0.4, -0.2) is 4.98 Å². The number of rotatable bonds is 4. The van der Waals surface area contributed by atoms with Gasteiger partial charge in [-0.25, -0.2) is 4.98 Å². The minimum absolute atomic E-state index is 0.669. The molecule has 0 aliphatic carbocycles. The number of nitrogens with one attached hydrogen (secondary N) is 1. The summed E-state index contributed by atoms with van der Waals surface area (Å²) in [6, 6.07) is 8.51. The van der Waals surface area contributed by atoms with Crippen molar-refractivity contribution in [3.8, 4) is 0 Å². The number of oxazole rings is 1. The van der Waals surface area contributed by atoms with Crippen LogP contribution in [0.4, 0.5) is 0 Å². The van der Waals surface area contributed by atoms with Crippen molar-refractivity contribution in [3.63, 3.8) is 0 Å². The molecule has 2 rings (SSSR count). The van der Waals surface area contributed by atoms with Crippen molar-refractivity contribution in [2.45, 2.75) is 33.9 Å². The van der Waals surface area contributed by atoms with E-state index >= 15 is 0 Å². The lowest BCUT2D eigenvalue weighted by Crippen LogP contribution is -2.12. The van der Waals surface area contributed by atoms with E-state index in [1.807, 2.05) is 13.8 Å². The molecule has 1 aromatic heterocycles. The van der Waals surface area contributed by atoms with Crippen LogP contribution < -0.4 is 5.32 Å². The van der Waals surface area contributed by atoms with Crippen LogP contribution in [0.3, 0.4) is 0 Å². The van der Waals surface area contributed by atoms with E-state index in [0.29, 0.717) is 6.54 Å². The van der Waals surface area contributed by atoms with Crippen molar-refractivity contribution in [1.82, 2.24) is 10.3 Å². The van der Waals surface area contributed by atoms with Crippen LogP contribution in [0.15, 0.2) is 28.7 Å². The van der Waals surface area contributed by atoms with Gasteiger partial charge in [0.2, 0.25) is 5.89 Å². The maximum Gasteiger partial charge on any atom is 0.208 e. The van der Waals surface area contributed by atoms with Crippen LogP contribution in [0, 0.1) is 20.8 Å². The highest BCUT2D eigenvalue weighted by Crippen LogP contribution is 2.08. The second-order valence-corrected chi connectivity index (χ2v) is 4.34. The molecule has 0 bridgehead atoms. The predicted octanol–water partition coefficient (Wildman–Crippen LogP) is 2.89. The molecule has 0 saturated heterocycles. The van der Waals surface area contributed by atoms with Crippen LogP contribution in [-0.2, 0) is 13.1 Å². The Bertz CT molecular complexity index is 466. The zero-order valence-electron chi connectivity index (χ0n) is 10.6. The molecule has 1 aromatic carbocycles. The molecule has 17 heavy (non-hydrogen) atoms. The molecule has 0 unspecified atom stereocenters. The van der Waals surface area contributed by atoms with Gasteiger partial charge in [0.25, 0.3) is 0 Å². The highest BCUT2D eigenvalue weighted by molar-refractivity contribution is 5.21. The smallest absolute Gasteiger partial charge is 0.208 e. The first-order valence-electron chi connectivity index (χ1n) is 5.84. The Hall–Kier alpha value is -1.61. The Balaban J connectivity index is 1.85. The molecule has 0 radical (unpaired) electrons. The fourth-order valence-electron chi connectivity index (χ4n) is 1.63. The van der Waals surface area contributed by atoms with Crippen molar-refractivity contribution in [2.75, 3.05) is 0 Å². The van der Waals surface area contributed by atoms with E-state index in [-0.39, 0.29) is 0 Å². The molecule has 3 nitrogen and oxygen atoms in total. The summed E-state index contributed by atoms with van der Waals surface area (Å²) in [6.07, 6.45) is 0. The van der Waals surface area contributed by atoms with Gasteiger partial charge in [0, 0.05) is 6.54 Å². The maximum absolute atomic E-state index is 5.50. The van der Waals surface area contributed by atoms with Gasteiger partial charge in [-0.1, -0.05) is 29.8 Å². The highest BCUT2D eigenvalue weighted by Gasteiger charge is 2.04. The number of aryl methyl sites for hydroxylation is 3. The van der Waals surface area contributed by atoms with E-state index in [1.54, 1.807) is 0 Å². The SMILES string of the molecule is Cc1ccc(CNCc2nc(C)c(C)o2)cc1. The molecule has 0 aliphatic rings. The van der Waals surface area contributed by atoms with Crippen molar-refractivity contribution >= 4 is 0 Å². The van der Waals surface area contributed by atoms with E-state index < -0.39 is 0 Å². The summed E-state index contributed by atoms with van der Waals surface area (Å²) in [4.78, 5) is 4.33. The number of hydrogen-bond donors (Lipinski definition) is 1. The van der Waals surface area contributed by atoms with Gasteiger partial charge in [0.15, 0.2) is 0 Å². The lowest BCUT2D eigenvalue weighted by atomic mass is 10.1. The first-order valence-corrected chi connectivity index (χ1v) is 5.84. The third-order valence-electron chi connectivity index (χ3n) is 2.80. The molecule has 0 spiro atoms. The minimum atomic E-state index is 0.669. The summed E-state index contributed by atoms with van der Waals surface area (Å²) < 4.78 is 5.50. The molecule has 2 aromatic rings. The van der Waals surface area contributed by atoms with Gasteiger partial charge < -0.3 is 9.73 Å². The van der Waals surface area contributed by atoms with E-state index in [0.717, 1.165) is 23.9 Å². The molecule has 0 atom stereocenters. The van der Waals surface area contributed by atoms with Crippen molar-refractivity contribution < 1.29 is 4.42 Å². The van der Waals surface area contributed by atoms with Crippen LogP contribution in [0.1, 0.15) is 28.5 Å². The predicted molar refractivity (Wildman–Crippen MR) is 67.7 cm³/mol. The molecule has 1 heterocycles. The topological polar surface area (TPSA) is 38.1 Å². The summed E-state index contributed by atoms with van der Waals surface area (Å²) in [7, 11) is 0. The Morgan fingerprint density at radius 3 is 2.35 bits per heavy atom. The number of benzene rings is 1. The second kappa shape index (κ2) is 5.15. The maximum atomic E-state index is 5.50. The third-order valence-corrected chi connectivity index (χ3v) is 2.80. The quantitative estimate of drug-likeness (QED) is 0.877. The standard InChI is InChI=1S/C14H18N2O/c1-10-4-6-13(7-5-10)8-15-9-14-16-11(2)12(3)17-14/h4-7,15H,8-9H2,1-3H3. The molecule has 3 heteroatoms. The summed E-state index contributed by atoms with van der Waals surface area (Å²) in [5.74, 6) is 1.66. The van der Waals surface area contributed by atoms with Gasteiger partial charge >= 0.3 is 0 Å². The Morgan fingerprint density at radius 2 is 1.76 bits per heavy atom. The molecular weight excluding hydrogens is 212 g/mol. The van der Waals surface area contributed by atoms with Gasteiger partial charge in [-0.05, 0) is 26.3 Å². The molecular formula is C14H18N2O. The van der Waals surface area contributed by atoms with Crippen molar-refractivity contribution in [1.29, 1.82) is 0 Å². The zero-order chi connectivity index (χ0) is 12.3. The largest absolute Gasteiger partial charge is 0.444 e. The third kappa shape index (κ3) is 3.17. The van der Waals surface area contributed by atoms with Crippen LogP contribution in [0.25, 0.3) is 0 Å². The van der Waals surface area contributed by atoms with Gasteiger partial charge in [-0.2, -0.15) is 0 Å². The molecule has 90 valence electrons.